The summed E-state index contributed by atoms with van der Waals surface area (Å²) in [5, 5.41) is 6.52. The lowest BCUT2D eigenvalue weighted by Crippen LogP contribution is -2.49. The van der Waals surface area contributed by atoms with E-state index in [1.807, 2.05) is 4.90 Å². The van der Waals surface area contributed by atoms with Crippen LogP contribution in [0.25, 0.3) is 0 Å². The average molecular weight is 278 g/mol. The van der Waals surface area contributed by atoms with Crippen LogP contribution in [0.2, 0.25) is 0 Å². The van der Waals surface area contributed by atoms with Gasteiger partial charge < -0.3 is 14.5 Å². The molecule has 0 spiro atoms. The van der Waals surface area contributed by atoms with Gasteiger partial charge in [-0.2, -0.15) is 5.10 Å². The van der Waals surface area contributed by atoms with E-state index < -0.39 is 0 Å². The van der Waals surface area contributed by atoms with Crippen LogP contribution in [-0.4, -0.2) is 71.8 Å². The molecule has 110 valence electrons. The molecule has 1 amide bonds. The van der Waals surface area contributed by atoms with Gasteiger partial charge in [0.25, 0.3) is 5.91 Å². The maximum Gasteiger partial charge on any atom is 0.257 e. The number of nitrogens with zero attached hydrogens (tertiary/aromatic N) is 3. The van der Waals surface area contributed by atoms with Crippen LogP contribution in [0.3, 0.4) is 0 Å². The maximum atomic E-state index is 12.3. The van der Waals surface area contributed by atoms with Crippen LogP contribution in [0.4, 0.5) is 0 Å². The monoisotopic (exact) mass is 278 g/mol. The van der Waals surface area contributed by atoms with Crippen LogP contribution in [-0.2, 0) is 4.74 Å². The molecule has 1 atom stereocenters. The molecule has 0 aromatic carbocycles. The fraction of sp³-hybridized carbons (Fsp3) is 0.714. The van der Waals surface area contributed by atoms with Crippen molar-refractivity contribution in [2.45, 2.75) is 18.9 Å². The predicted octanol–water partition coefficient (Wildman–Crippen LogP) is 0.592. The van der Waals surface area contributed by atoms with E-state index in [1.165, 1.54) is 12.8 Å². The predicted molar refractivity (Wildman–Crippen MR) is 74.5 cm³/mol. The Morgan fingerprint density at radius 3 is 3.10 bits per heavy atom. The first kappa shape index (κ1) is 13.6. The molecule has 1 saturated heterocycles. The molecule has 6 nitrogen and oxygen atoms in total. The Bertz CT molecular complexity index is 444. The molecule has 1 aromatic rings. The van der Waals surface area contributed by atoms with Crippen LogP contribution in [0.15, 0.2) is 12.4 Å². The number of likely N-dealkylation sites (N-methyl/N-ethyl adjacent to an activating group) is 1. The van der Waals surface area contributed by atoms with Crippen molar-refractivity contribution in [1.82, 2.24) is 20.0 Å². The minimum absolute atomic E-state index is 0.0388. The standard InChI is InChI=1S/C14H22N4O2/c1-17(8-11-2-3-11)9-13-10-18(4-5-20-13)14(19)12-6-15-16-7-12/h6-7,11,13H,2-5,8-10H2,1H3,(H,15,16)/t13-/m0/s1. The number of nitrogens with one attached hydrogen (secondary N) is 1. The first-order valence-electron chi connectivity index (χ1n) is 7.30. The van der Waals surface area contributed by atoms with E-state index >= 15 is 0 Å². The molecule has 1 aliphatic carbocycles. The van der Waals surface area contributed by atoms with E-state index in [-0.39, 0.29) is 12.0 Å². The highest BCUT2D eigenvalue weighted by atomic mass is 16.5. The van der Waals surface area contributed by atoms with Crippen molar-refractivity contribution in [3.05, 3.63) is 18.0 Å². The quantitative estimate of drug-likeness (QED) is 0.856. The first-order chi connectivity index (χ1) is 9.72. The molecule has 0 unspecified atom stereocenters. The van der Waals surface area contributed by atoms with E-state index in [9.17, 15) is 4.79 Å². The molecule has 1 N–H and O–H groups in total. The third kappa shape index (κ3) is 3.37. The molecule has 2 heterocycles. The van der Waals surface area contributed by atoms with Crippen molar-refractivity contribution in [2.24, 2.45) is 5.92 Å². The summed E-state index contributed by atoms with van der Waals surface area (Å²) in [6.07, 6.45) is 6.06. The molecule has 6 heteroatoms. The molecule has 3 rings (SSSR count). The van der Waals surface area contributed by atoms with Gasteiger partial charge in [-0.25, -0.2) is 0 Å². The molecule has 1 aromatic heterocycles. The Hall–Kier alpha value is -1.40. The normalized spacial score (nSPS) is 23.3. The summed E-state index contributed by atoms with van der Waals surface area (Å²) in [6.45, 7) is 3.98. The molecule has 0 bridgehead atoms. The number of aromatic nitrogens is 2. The van der Waals surface area contributed by atoms with Gasteiger partial charge in [-0.3, -0.25) is 9.89 Å². The average Bonchev–Trinajstić information content (AvgIpc) is 3.08. The second kappa shape index (κ2) is 5.93. The second-order valence-corrected chi connectivity index (χ2v) is 5.90. The SMILES string of the molecule is CN(CC1CC1)C[C@H]1CN(C(=O)c2cn[nH]c2)CCO1. The lowest BCUT2D eigenvalue weighted by atomic mass is 10.2. The van der Waals surface area contributed by atoms with Crippen molar-refractivity contribution in [1.29, 1.82) is 0 Å². The Balaban J connectivity index is 1.51. The zero-order valence-electron chi connectivity index (χ0n) is 11.9. The largest absolute Gasteiger partial charge is 0.373 e. The number of hydrogen-bond donors (Lipinski definition) is 1. The molecular formula is C14H22N4O2. The minimum Gasteiger partial charge on any atom is -0.373 e. The lowest BCUT2D eigenvalue weighted by Gasteiger charge is -2.34. The van der Waals surface area contributed by atoms with Crippen molar-refractivity contribution in [3.63, 3.8) is 0 Å². The van der Waals surface area contributed by atoms with Crippen LogP contribution in [0.1, 0.15) is 23.2 Å². The van der Waals surface area contributed by atoms with E-state index in [0.717, 1.165) is 19.0 Å². The highest BCUT2D eigenvalue weighted by Crippen LogP contribution is 2.29. The van der Waals surface area contributed by atoms with Crippen molar-refractivity contribution in [2.75, 3.05) is 39.8 Å². The first-order valence-corrected chi connectivity index (χ1v) is 7.30. The zero-order valence-corrected chi connectivity index (χ0v) is 11.9. The van der Waals surface area contributed by atoms with Crippen LogP contribution in [0.5, 0.6) is 0 Å². The molecule has 20 heavy (non-hydrogen) atoms. The highest BCUT2D eigenvalue weighted by Gasteiger charge is 2.28. The molecule has 0 radical (unpaired) electrons. The van der Waals surface area contributed by atoms with Crippen molar-refractivity contribution in [3.8, 4) is 0 Å². The summed E-state index contributed by atoms with van der Waals surface area (Å²) in [7, 11) is 2.14. The van der Waals surface area contributed by atoms with E-state index in [0.29, 0.717) is 25.3 Å². The number of ether oxygens (including phenoxy) is 1. The van der Waals surface area contributed by atoms with Crippen LogP contribution >= 0.6 is 0 Å². The van der Waals surface area contributed by atoms with Gasteiger partial charge in [-0.1, -0.05) is 0 Å². The summed E-state index contributed by atoms with van der Waals surface area (Å²) in [6, 6.07) is 0. The summed E-state index contributed by atoms with van der Waals surface area (Å²) in [5.74, 6) is 0.921. The number of rotatable bonds is 5. The molecule has 1 saturated carbocycles. The fourth-order valence-corrected chi connectivity index (χ4v) is 2.73. The number of amides is 1. The summed E-state index contributed by atoms with van der Waals surface area (Å²) >= 11 is 0. The van der Waals surface area contributed by atoms with E-state index in [4.69, 9.17) is 4.74 Å². The zero-order chi connectivity index (χ0) is 13.9. The second-order valence-electron chi connectivity index (χ2n) is 5.90. The topological polar surface area (TPSA) is 61.5 Å². The van der Waals surface area contributed by atoms with Crippen molar-refractivity contribution < 1.29 is 9.53 Å². The Kier molecular flexibility index (Phi) is 4.03. The van der Waals surface area contributed by atoms with Gasteiger partial charge in [0.15, 0.2) is 0 Å². The minimum atomic E-state index is 0.0388. The molecular weight excluding hydrogens is 256 g/mol. The molecule has 1 aliphatic heterocycles. The number of hydrogen-bond acceptors (Lipinski definition) is 4. The number of carbonyl (C=O) groups excluding carboxylic acids is 1. The Labute approximate surface area is 119 Å². The number of aromatic amines is 1. The Morgan fingerprint density at radius 2 is 2.40 bits per heavy atom. The fourth-order valence-electron chi connectivity index (χ4n) is 2.73. The van der Waals surface area contributed by atoms with Crippen molar-refractivity contribution >= 4 is 5.91 Å². The van der Waals surface area contributed by atoms with Gasteiger partial charge in [-0.15, -0.1) is 0 Å². The van der Waals surface area contributed by atoms with Gasteiger partial charge in [0.1, 0.15) is 0 Å². The van der Waals surface area contributed by atoms with Gasteiger partial charge >= 0.3 is 0 Å². The van der Waals surface area contributed by atoms with Gasteiger partial charge in [0, 0.05) is 32.4 Å². The van der Waals surface area contributed by atoms with E-state index in [1.54, 1.807) is 12.4 Å². The van der Waals surface area contributed by atoms with Crippen LogP contribution in [0, 0.1) is 5.92 Å². The van der Waals surface area contributed by atoms with Crippen LogP contribution < -0.4 is 0 Å². The smallest absolute Gasteiger partial charge is 0.257 e. The lowest BCUT2D eigenvalue weighted by molar-refractivity contribution is -0.0334. The van der Waals surface area contributed by atoms with Gasteiger partial charge in [-0.05, 0) is 25.8 Å². The van der Waals surface area contributed by atoms with Gasteiger partial charge in [0.2, 0.25) is 0 Å². The van der Waals surface area contributed by atoms with Gasteiger partial charge in [0.05, 0.1) is 24.5 Å². The third-order valence-corrected chi connectivity index (χ3v) is 3.95. The Morgan fingerprint density at radius 1 is 1.55 bits per heavy atom. The summed E-state index contributed by atoms with van der Waals surface area (Å²) < 4.78 is 5.79. The molecule has 2 fully saturated rings. The maximum absolute atomic E-state index is 12.3. The number of H-pyrrole nitrogens is 1. The number of morpholine rings is 1. The highest BCUT2D eigenvalue weighted by molar-refractivity contribution is 5.93. The summed E-state index contributed by atoms with van der Waals surface area (Å²) in [5.41, 5.74) is 0.622. The number of carbonyl (C=O) groups is 1. The van der Waals surface area contributed by atoms with E-state index in [2.05, 4.69) is 22.1 Å². The summed E-state index contributed by atoms with van der Waals surface area (Å²) in [4.78, 5) is 16.5. The molecule has 2 aliphatic rings. The third-order valence-electron chi connectivity index (χ3n) is 3.95.